The summed E-state index contributed by atoms with van der Waals surface area (Å²) in [6.07, 6.45) is 1.54. The molecule has 0 amide bonds. The van der Waals surface area contributed by atoms with Gasteiger partial charge in [-0.3, -0.25) is 0 Å². The summed E-state index contributed by atoms with van der Waals surface area (Å²) in [7, 11) is 0. The zero-order chi connectivity index (χ0) is 13.6. The molecule has 1 aliphatic carbocycles. The van der Waals surface area contributed by atoms with Crippen LogP contribution in [0, 0.1) is 5.41 Å². The number of rotatable bonds is 2. The first kappa shape index (κ1) is 14.4. The lowest BCUT2D eigenvalue weighted by Crippen LogP contribution is -2.24. The summed E-state index contributed by atoms with van der Waals surface area (Å²) in [6.45, 7) is 11.1. The molecule has 1 aromatic rings. The van der Waals surface area contributed by atoms with Crippen LogP contribution in [0.15, 0.2) is 0 Å². The Morgan fingerprint density at radius 1 is 1.44 bits per heavy atom. The summed E-state index contributed by atoms with van der Waals surface area (Å²) in [5, 5.41) is 11.4. The van der Waals surface area contributed by atoms with Crippen molar-refractivity contribution >= 4 is 23.1 Å². The fourth-order valence-corrected chi connectivity index (χ4v) is 4.18. The number of thioether (sulfide) groups is 1. The molecule has 0 saturated carbocycles. The summed E-state index contributed by atoms with van der Waals surface area (Å²) in [6, 6.07) is 0. The van der Waals surface area contributed by atoms with Gasteiger partial charge in [0.2, 0.25) is 0 Å². The van der Waals surface area contributed by atoms with Crippen molar-refractivity contribution in [1.29, 1.82) is 0 Å². The zero-order valence-corrected chi connectivity index (χ0v) is 13.5. The number of hydrogen-bond acceptors (Lipinski definition) is 4. The molecule has 0 saturated heterocycles. The zero-order valence-electron chi connectivity index (χ0n) is 11.9. The van der Waals surface area contributed by atoms with Crippen molar-refractivity contribution in [2.45, 2.75) is 64.1 Å². The highest BCUT2D eigenvalue weighted by Crippen LogP contribution is 2.43. The van der Waals surface area contributed by atoms with E-state index in [1.165, 1.54) is 0 Å². The van der Waals surface area contributed by atoms with Gasteiger partial charge in [0.05, 0.1) is 16.7 Å². The van der Waals surface area contributed by atoms with Gasteiger partial charge in [0.25, 0.3) is 0 Å². The molecule has 1 aliphatic rings. The van der Waals surface area contributed by atoms with Crippen LogP contribution in [0.1, 0.15) is 62.7 Å². The van der Waals surface area contributed by atoms with E-state index in [2.05, 4.69) is 34.6 Å². The fourth-order valence-electron chi connectivity index (χ4n) is 2.28. The summed E-state index contributed by atoms with van der Waals surface area (Å²) in [5.74, 6) is 0.953. The van der Waals surface area contributed by atoms with Crippen LogP contribution in [0.3, 0.4) is 0 Å². The number of thiazole rings is 1. The second-order valence-electron chi connectivity index (χ2n) is 6.88. The average molecular weight is 285 g/mol. The van der Waals surface area contributed by atoms with Crippen LogP contribution < -0.4 is 0 Å². The molecule has 1 N–H and O–H groups in total. The van der Waals surface area contributed by atoms with Crippen LogP contribution in [0.4, 0.5) is 0 Å². The lowest BCUT2D eigenvalue weighted by atomic mass is 9.77. The van der Waals surface area contributed by atoms with Gasteiger partial charge in [-0.2, -0.15) is 0 Å². The van der Waals surface area contributed by atoms with E-state index in [9.17, 15) is 5.11 Å². The van der Waals surface area contributed by atoms with Gasteiger partial charge in [0, 0.05) is 10.5 Å². The summed E-state index contributed by atoms with van der Waals surface area (Å²) < 4.78 is 0.268. The van der Waals surface area contributed by atoms with Crippen molar-refractivity contribution < 1.29 is 5.11 Å². The van der Waals surface area contributed by atoms with Gasteiger partial charge >= 0.3 is 0 Å². The van der Waals surface area contributed by atoms with Gasteiger partial charge in [-0.1, -0.05) is 34.6 Å². The fraction of sp³-hybridized carbons (Fsp3) is 0.786. The third-order valence-corrected chi connectivity index (χ3v) is 5.76. The summed E-state index contributed by atoms with van der Waals surface area (Å²) >= 11 is 3.62. The number of aliphatic hydroxyl groups excluding tert-OH is 1. The standard InChI is InChI=1S/C14H23NOS2/c1-13(2,3)17-8-11-15-9-6-14(4,5)7-10(16)12(9)18-11/h10,16H,6-8H2,1-5H3. The smallest absolute Gasteiger partial charge is 0.103 e. The van der Waals surface area contributed by atoms with E-state index < -0.39 is 0 Å². The predicted molar refractivity (Wildman–Crippen MR) is 80.2 cm³/mol. The first-order valence-electron chi connectivity index (χ1n) is 6.47. The maximum atomic E-state index is 10.2. The van der Waals surface area contributed by atoms with E-state index in [4.69, 9.17) is 4.98 Å². The van der Waals surface area contributed by atoms with Crippen molar-refractivity contribution in [2.75, 3.05) is 0 Å². The number of fused-ring (bicyclic) bond motifs is 1. The Balaban J connectivity index is 2.14. The van der Waals surface area contributed by atoms with Gasteiger partial charge in [0.1, 0.15) is 5.01 Å². The lowest BCUT2D eigenvalue weighted by molar-refractivity contribution is 0.102. The monoisotopic (exact) mass is 285 g/mol. The molecule has 1 unspecified atom stereocenters. The Kier molecular flexibility index (Phi) is 3.83. The van der Waals surface area contributed by atoms with Crippen molar-refractivity contribution in [1.82, 2.24) is 4.98 Å². The van der Waals surface area contributed by atoms with Crippen LogP contribution in [0.5, 0.6) is 0 Å². The summed E-state index contributed by atoms with van der Waals surface area (Å²) in [4.78, 5) is 5.85. The number of hydrogen-bond donors (Lipinski definition) is 1. The van der Waals surface area contributed by atoms with Crippen molar-refractivity contribution in [3.05, 3.63) is 15.6 Å². The highest BCUT2D eigenvalue weighted by molar-refractivity contribution is 7.99. The molecule has 1 atom stereocenters. The highest BCUT2D eigenvalue weighted by Gasteiger charge is 2.34. The van der Waals surface area contributed by atoms with E-state index in [0.29, 0.717) is 0 Å². The van der Waals surface area contributed by atoms with Crippen LogP contribution in [-0.4, -0.2) is 14.8 Å². The number of nitrogens with zero attached hydrogens (tertiary/aromatic N) is 1. The Morgan fingerprint density at radius 2 is 2.11 bits per heavy atom. The molecule has 1 aromatic heterocycles. The van der Waals surface area contributed by atoms with Crippen molar-refractivity contribution in [2.24, 2.45) is 5.41 Å². The molecule has 1 heterocycles. The molecule has 0 radical (unpaired) electrons. The van der Waals surface area contributed by atoms with Crippen molar-refractivity contribution in [3.8, 4) is 0 Å². The van der Waals surface area contributed by atoms with E-state index in [0.717, 1.165) is 34.2 Å². The van der Waals surface area contributed by atoms with Crippen LogP contribution >= 0.6 is 23.1 Å². The van der Waals surface area contributed by atoms with Crippen molar-refractivity contribution in [3.63, 3.8) is 0 Å². The van der Waals surface area contributed by atoms with Gasteiger partial charge in [-0.15, -0.1) is 23.1 Å². The molecule has 2 rings (SSSR count). The van der Waals surface area contributed by atoms with Gasteiger partial charge in [-0.05, 0) is 18.3 Å². The number of aliphatic hydroxyl groups is 1. The van der Waals surface area contributed by atoms with Crippen LogP contribution in [0.2, 0.25) is 0 Å². The Morgan fingerprint density at radius 3 is 2.72 bits per heavy atom. The van der Waals surface area contributed by atoms with E-state index in [-0.39, 0.29) is 16.3 Å². The quantitative estimate of drug-likeness (QED) is 0.885. The third kappa shape index (κ3) is 3.49. The first-order chi connectivity index (χ1) is 8.16. The normalized spacial score (nSPS) is 22.9. The minimum Gasteiger partial charge on any atom is -0.387 e. The molecule has 4 heteroatoms. The molecule has 0 bridgehead atoms. The second kappa shape index (κ2) is 4.80. The van der Waals surface area contributed by atoms with E-state index in [1.54, 1.807) is 11.3 Å². The van der Waals surface area contributed by atoms with E-state index in [1.807, 2.05) is 11.8 Å². The largest absolute Gasteiger partial charge is 0.387 e. The molecule has 2 nitrogen and oxygen atoms in total. The van der Waals surface area contributed by atoms with Gasteiger partial charge < -0.3 is 5.11 Å². The Bertz CT molecular complexity index is 431. The molecule has 0 spiro atoms. The van der Waals surface area contributed by atoms with E-state index >= 15 is 0 Å². The molecule has 18 heavy (non-hydrogen) atoms. The SMILES string of the molecule is CC1(C)Cc2nc(CSC(C)(C)C)sc2C(O)C1. The maximum absolute atomic E-state index is 10.2. The lowest BCUT2D eigenvalue weighted by Gasteiger charge is -2.31. The van der Waals surface area contributed by atoms with Crippen LogP contribution in [0.25, 0.3) is 0 Å². The minimum absolute atomic E-state index is 0.176. The Labute approximate surface area is 118 Å². The molecule has 0 fully saturated rings. The average Bonchev–Trinajstić information content (AvgIpc) is 2.55. The predicted octanol–water partition coefficient (Wildman–Crippen LogP) is 4.18. The number of aromatic nitrogens is 1. The Hall–Kier alpha value is -0.0600. The molecular weight excluding hydrogens is 262 g/mol. The minimum atomic E-state index is -0.311. The molecule has 0 aromatic carbocycles. The third-order valence-electron chi connectivity index (χ3n) is 3.10. The molecule has 102 valence electrons. The molecular formula is C14H23NOS2. The highest BCUT2D eigenvalue weighted by atomic mass is 32.2. The topological polar surface area (TPSA) is 33.1 Å². The van der Waals surface area contributed by atoms with Gasteiger partial charge in [-0.25, -0.2) is 4.98 Å². The molecule has 0 aliphatic heterocycles. The second-order valence-corrected chi connectivity index (χ2v) is 9.80. The van der Waals surface area contributed by atoms with Crippen LogP contribution in [-0.2, 0) is 12.2 Å². The van der Waals surface area contributed by atoms with Gasteiger partial charge in [0.15, 0.2) is 0 Å². The first-order valence-corrected chi connectivity index (χ1v) is 8.27. The maximum Gasteiger partial charge on any atom is 0.103 e. The summed E-state index contributed by atoms with van der Waals surface area (Å²) in [5.41, 5.74) is 1.31.